The minimum atomic E-state index is -3.13. The molecule has 0 amide bonds. The van der Waals surface area contributed by atoms with Gasteiger partial charge in [0.1, 0.15) is 0 Å². The second-order valence-electron chi connectivity index (χ2n) is 3.71. The smallest absolute Gasteiger partial charge is 0.209 e. The highest BCUT2D eigenvalue weighted by atomic mass is 32.2. The lowest BCUT2D eigenvalue weighted by molar-refractivity contribution is 0.587. The molecule has 0 fully saturated rings. The average Bonchev–Trinajstić information content (AvgIpc) is 2.79. The Bertz CT molecular complexity index is 571. The molecule has 0 saturated heterocycles. The van der Waals surface area contributed by atoms with Gasteiger partial charge in [0.2, 0.25) is 10.0 Å². The van der Waals surface area contributed by atoms with E-state index in [2.05, 4.69) is 10.1 Å². The third-order valence-corrected chi connectivity index (χ3v) is 3.76. The van der Waals surface area contributed by atoms with Gasteiger partial charge in [-0.25, -0.2) is 13.1 Å². The molecule has 0 unspecified atom stereocenters. The van der Waals surface area contributed by atoms with Crippen LogP contribution in [0.25, 0.3) is 10.4 Å². The molecule has 17 heavy (non-hydrogen) atoms. The highest BCUT2D eigenvalue weighted by Crippen LogP contribution is 2.24. The van der Waals surface area contributed by atoms with E-state index < -0.39 is 10.0 Å². The van der Waals surface area contributed by atoms with Crippen molar-refractivity contribution in [1.29, 1.82) is 0 Å². The number of hydrogen-bond donors (Lipinski definition) is 1. The first kappa shape index (κ1) is 12.3. The number of rotatable bonds is 4. The zero-order valence-corrected chi connectivity index (χ0v) is 10.9. The van der Waals surface area contributed by atoms with Crippen LogP contribution in [-0.4, -0.2) is 14.7 Å². The van der Waals surface area contributed by atoms with E-state index in [0.717, 1.165) is 22.3 Å². The minimum absolute atomic E-state index is 0.329. The average molecular weight is 266 g/mol. The number of benzene rings is 1. The van der Waals surface area contributed by atoms with Crippen LogP contribution in [0.3, 0.4) is 0 Å². The first-order valence-corrected chi connectivity index (χ1v) is 7.75. The van der Waals surface area contributed by atoms with Gasteiger partial charge in [0, 0.05) is 16.8 Å². The van der Waals surface area contributed by atoms with E-state index in [-0.39, 0.29) is 0 Å². The summed E-state index contributed by atoms with van der Waals surface area (Å²) in [5.41, 5.74) is 2.07. The zero-order chi connectivity index (χ0) is 12.3. The molecule has 89 valence electrons. The van der Waals surface area contributed by atoms with Gasteiger partial charge in [0.15, 0.2) is 0 Å². The number of nitrogens with one attached hydrogen (secondary N) is 1. The molecule has 0 aliphatic heterocycles. The predicted octanol–water partition coefficient (Wildman–Crippen LogP) is 2.26. The molecule has 0 aliphatic carbocycles. The van der Waals surface area contributed by atoms with Crippen LogP contribution in [0.1, 0.15) is 5.56 Å². The SMILES string of the molecule is CS(=O)(=O)NCc1ccc(-c2cc[c]s2)cc1. The highest BCUT2D eigenvalue weighted by Gasteiger charge is 2.02. The molecular weight excluding hydrogens is 254 g/mol. The summed E-state index contributed by atoms with van der Waals surface area (Å²) < 4.78 is 24.4. The van der Waals surface area contributed by atoms with Crippen molar-refractivity contribution in [2.45, 2.75) is 6.54 Å². The lowest BCUT2D eigenvalue weighted by Gasteiger charge is -2.03. The summed E-state index contributed by atoms with van der Waals surface area (Å²) in [5, 5.41) is 3.04. The number of sulfonamides is 1. The van der Waals surface area contributed by atoms with Crippen LogP contribution in [0.15, 0.2) is 36.4 Å². The van der Waals surface area contributed by atoms with Crippen LogP contribution in [0.5, 0.6) is 0 Å². The van der Waals surface area contributed by atoms with Crippen molar-refractivity contribution in [2.24, 2.45) is 0 Å². The summed E-state index contributed by atoms with van der Waals surface area (Å²) >= 11 is 1.56. The molecule has 1 aromatic carbocycles. The van der Waals surface area contributed by atoms with Gasteiger partial charge in [-0.3, -0.25) is 0 Å². The fourth-order valence-corrected chi connectivity index (χ4v) is 2.48. The van der Waals surface area contributed by atoms with Crippen LogP contribution in [0.2, 0.25) is 0 Å². The highest BCUT2D eigenvalue weighted by molar-refractivity contribution is 7.88. The molecule has 3 nitrogen and oxygen atoms in total. The fourth-order valence-electron chi connectivity index (χ4n) is 1.40. The summed E-state index contributed by atoms with van der Waals surface area (Å²) in [6.45, 7) is 0.329. The van der Waals surface area contributed by atoms with Crippen molar-refractivity contribution >= 4 is 21.4 Å². The van der Waals surface area contributed by atoms with Crippen molar-refractivity contribution in [1.82, 2.24) is 4.72 Å². The van der Waals surface area contributed by atoms with E-state index in [1.54, 1.807) is 11.3 Å². The van der Waals surface area contributed by atoms with Gasteiger partial charge in [-0.15, -0.1) is 11.3 Å². The maximum Gasteiger partial charge on any atom is 0.209 e. The fraction of sp³-hybridized carbons (Fsp3) is 0.167. The van der Waals surface area contributed by atoms with Gasteiger partial charge in [-0.1, -0.05) is 24.3 Å². The predicted molar refractivity (Wildman–Crippen MR) is 70.3 cm³/mol. The van der Waals surface area contributed by atoms with E-state index in [4.69, 9.17) is 0 Å². The van der Waals surface area contributed by atoms with Crippen molar-refractivity contribution in [3.63, 3.8) is 0 Å². The minimum Gasteiger partial charge on any atom is -0.213 e. The van der Waals surface area contributed by atoms with E-state index >= 15 is 0 Å². The first-order valence-electron chi connectivity index (χ1n) is 5.04. The van der Waals surface area contributed by atoms with Gasteiger partial charge in [0.05, 0.1) is 6.26 Å². The third-order valence-electron chi connectivity index (χ3n) is 2.25. The van der Waals surface area contributed by atoms with Crippen molar-refractivity contribution in [3.8, 4) is 10.4 Å². The quantitative estimate of drug-likeness (QED) is 0.922. The second-order valence-corrected chi connectivity index (χ2v) is 6.42. The van der Waals surface area contributed by atoms with Gasteiger partial charge in [-0.2, -0.15) is 0 Å². The molecular formula is C12H12NO2S2. The van der Waals surface area contributed by atoms with Crippen molar-refractivity contribution in [3.05, 3.63) is 47.3 Å². The molecule has 0 spiro atoms. The van der Waals surface area contributed by atoms with E-state index in [0.29, 0.717) is 6.54 Å². The van der Waals surface area contributed by atoms with Gasteiger partial charge >= 0.3 is 0 Å². The van der Waals surface area contributed by atoms with Crippen LogP contribution < -0.4 is 4.72 Å². The van der Waals surface area contributed by atoms with Gasteiger partial charge in [0.25, 0.3) is 0 Å². The monoisotopic (exact) mass is 266 g/mol. The summed E-state index contributed by atoms with van der Waals surface area (Å²) in [6, 6.07) is 11.7. The molecule has 0 aliphatic rings. The number of thiophene rings is 1. The van der Waals surface area contributed by atoms with Crippen LogP contribution in [-0.2, 0) is 16.6 Å². The summed E-state index contributed by atoms with van der Waals surface area (Å²) in [6.07, 6.45) is 1.16. The van der Waals surface area contributed by atoms with Gasteiger partial charge in [-0.05, 0) is 23.3 Å². The summed E-state index contributed by atoms with van der Waals surface area (Å²) in [7, 11) is -3.13. The topological polar surface area (TPSA) is 46.2 Å². The molecule has 5 heteroatoms. The Morgan fingerprint density at radius 3 is 2.47 bits per heavy atom. The Balaban J connectivity index is 2.09. The Kier molecular flexibility index (Phi) is 3.61. The molecule has 0 atom stereocenters. The molecule has 1 radical (unpaired) electrons. The maximum atomic E-state index is 10.9. The van der Waals surface area contributed by atoms with E-state index in [1.165, 1.54) is 0 Å². The van der Waals surface area contributed by atoms with E-state index in [9.17, 15) is 8.42 Å². The molecule has 0 bridgehead atoms. The van der Waals surface area contributed by atoms with Crippen molar-refractivity contribution < 1.29 is 8.42 Å². The Morgan fingerprint density at radius 2 is 1.94 bits per heavy atom. The second kappa shape index (κ2) is 5.00. The summed E-state index contributed by atoms with van der Waals surface area (Å²) in [4.78, 5) is 1.16. The van der Waals surface area contributed by atoms with Crippen LogP contribution in [0, 0.1) is 5.38 Å². The standard InChI is InChI=1S/C12H12NO2S2/c1-17(14,15)13-9-10-4-6-11(7-5-10)12-3-2-8-16-12/h2-7,13H,9H2,1H3. The Morgan fingerprint density at radius 1 is 1.24 bits per heavy atom. The van der Waals surface area contributed by atoms with Crippen LogP contribution in [0.4, 0.5) is 0 Å². The lowest BCUT2D eigenvalue weighted by Crippen LogP contribution is -2.21. The molecule has 0 saturated carbocycles. The molecule has 1 N–H and O–H groups in total. The van der Waals surface area contributed by atoms with Crippen molar-refractivity contribution in [2.75, 3.05) is 6.26 Å². The molecule has 2 rings (SSSR count). The van der Waals surface area contributed by atoms with Crippen LogP contribution >= 0.6 is 11.3 Å². The molecule has 1 aromatic heterocycles. The van der Waals surface area contributed by atoms with Gasteiger partial charge < -0.3 is 0 Å². The number of hydrogen-bond acceptors (Lipinski definition) is 3. The lowest BCUT2D eigenvalue weighted by atomic mass is 10.1. The maximum absolute atomic E-state index is 10.9. The largest absolute Gasteiger partial charge is 0.213 e. The van der Waals surface area contributed by atoms with E-state index in [1.807, 2.05) is 36.4 Å². The molecule has 2 aromatic rings. The zero-order valence-electron chi connectivity index (χ0n) is 9.30. The normalized spacial score (nSPS) is 11.6. The third kappa shape index (κ3) is 3.66. The molecule has 1 heterocycles. The first-order chi connectivity index (χ1) is 8.04. The Hall–Kier alpha value is -1.17. The Labute approximate surface area is 105 Å². The summed E-state index contributed by atoms with van der Waals surface area (Å²) in [5.74, 6) is 0.